The van der Waals surface area contributed by atoms with Gasteiger partial charge in [-0.15, -0.1) is 0 Å². The molecule has 0 aromatic carbocycles. The summed E-state index contributed by atoms with van der Waals surface area (Å²) in [6.45, 7) is 4.63. The number of hydrogen-bond acceptors (Lipinski definition) is 3. The highest BCUT2D eigenvalue weighted by Crippen LogP contribution is 2.64. The molecule has 0 aromatic heterocycles. The van der Waals surface area contributed by atoms with Crippen molar-refractivity contribution in [3.63, 3.8) is 0 Å². The largest absolute Gasteiger partial charge is 0.402 e. The normalized spacial score (nSPS) is 56.8. The lowest BCUT2D eigenvalue weighted by Gasteiger charge is -2.57. The molecule has 0 aromatic rings. The van der Waals surface area contributed by atoms with E-state index in [0.717, 1.165) is 37.8 Å². The van der Waals surface area contributed by atoms with Gasteiger partial charge >= 0.3 is 0 Å². The van der Waals surface area contributed by atoms with Gasteiger partial charge in [0.15, 0.2) is 0 Å². The van der Waals surface area contributed by atoms with E-state index in [1.54, 1.807) is 0 Å². The van der Waals surface area contributed by atoms with Crippen LogP contribution in [0.15, 0.2) is 23.9 Å². The summed E-state index contributed by atoms with van der Waals surface area (Å²) >= 11 is 0. The van der Waals surface area contributed by atoms with Gasteiger partial charge in [0, 0.05) is 11.6 Å². The number of aliphatic hydroxyl groups is 2. The maximum Gasteiger partial charge on any atom is 0.0727 e. The third kappa shape index (κ3) is 1.75. The second kappa shape index (κ2) is 4.61. The van der Waals surface area contributed by atoms with Crippen LogP contribution in [0, 0.1) is 34.5 Å². The van der Waals surface area contributed by atoms with Gasteiger partial charge in [0.2, 0.25) is 0 Å². The Labute approximate surface area is 133 Å². The van der Waals surface area contributed by atoms with Crippen LogP contribution >= 0.6 is 0 Å². The highest BCUT2D eigenvalue weighted by Gasteiger charge is 2.59. The lowest BCUT2D eigenvalue weighted by atomic mass is 9.47. The quantitative estimate of drug-likeness (QED) is 0.603. The molecule has 4 aliphatic carbocycles. The third-order valence-corrected chi connectivity index (χ3v) is 7.77. The van der Waals surface area contributed by atoms with Crippen LogP contribution < -0.4 is 5.73 Å². The van der Waals surface area contributed by atoms with Gasteiger partial charge in [0.05, 0.1) is 12.2 Å². The fourth-order valence-corrected chi connectivity index (χ4v) is 6.30. The molecular formula is C19H29NO2. The van der Waals surface area contributed by atoms with Crippen molar-refractivity contribution in [2.45, 2.75) is 58.2 Å². The van der Waals surface area contributed by atoms with Crippen LogP contribution in [-0.2, 0) is 0 Å². The molecule has 2 fully saturated rings. The molecule has 0 bridgehead atoms. The van der Waals surface area contributed by atoms with E-state index in [4.69, 9.17) is 5.73 Å². The Balaban J connectivity index is 1.76. The molecule has 3 nitrogen and oxygen atoms in total. The van der Waals surface area contributed by atoms with E-state index in [1.165, 1.54) is 0 Å². The van der Waals surface area contributed by atoms with Crippen LogP contribution in [0.4, 0.5) is 0 Å². The molecule has 4 aliphatic rings. The van der Waals surface area contributed by atoms with Crippen molar-refractivity contribution in [1.29, 1.82) is 0 Å². The van der Waals surface area contributed by atoms with Gasteiger partial charge in [-0.3, -0.25) is 0 Å². The molecule has 0 radical (unpaired) electrons. The lowest BCUT2D eigenvalue weighted by Crippen LogP contribution is -2.53. The predicted octanol–water partition coefficient (Wildman–Crippen LogP) is 2.59. The Hall–Kier alpha value is -0.800. The number of hydrogen-bond donors (Lipinski definition) is 3. The summed E-state index contributed by atoms with van der Waals surface area (Å²) in [6.07, 6.45) is 11.0. The number of nitrogens with two attached hydrogens (primary N) is 1. The lowest BCUT2D eigenvalue weighted by molar-refractivity contribution is -0.0631. The summed E-state index contributed by atoms with van der Waals surface area (Å²) in [5.41, 5.74) is 7.72. The Kier molecular flexibility index (Phi) is 3.09. The minimum atomic E-state index is -0.333. The molecule has 0 amide bonds. The number of allylic oxidation sites excluding steroid dienone is 3. The molecule has 22 heavy (non-hydrogen) atoms. The van der Waals surface area contributed by atoms with Gasteiger partial charge in [0.25, 0.3) is 0 Å². The van der Waals surface area contributed by atoms with Crippen molar-refractivity contribution in [1.82, 2.24) is 0 Å². The molecule has 0 aliphatic heterocycles. The van der Waals surface area contributed by atoms with Gasteiger partial charge in [0.1, 0.15) is 0 Å². The van der Waals surface area contributed by atoms with E-state index < -0.39 is 0 Å². The maximum absolute atomic E-state index is 10.5. The van der Waals surface area contributed by atoms with Gasteiger partial charge < -0.3 is 15.9 Å². The van der Waals surface area contributed by atoms with Crippen LogP contribution in [0.25, 0.3) is 0 Å². The van der Waals surface area contributed by atoms with E-state index in [1.807, 2.05) is 6.08 Å². The van der Waals surface area contributed by atoms with Crippen molar-refractivity contribution >= 4 is 0 Å². The summed E-state index contributed by atoms with van der Waals surface area (Å²) < 4.78 is 0. The number of aliphatic hydroxyl groups excluding tert-OH is 2. The first-order valence-electron chi connectivity index (χ1n) is 8.89. The molecule has 0 spiro atoms. The van der Waals surface area contributed by atoms with Crippen LogP contribution in [0.5, 0.6) is 0 Å². The summed E-state index contributed by atoms with van der Waals surface area (Å²) in [7, 11) is 0. The topological polar surface area (TPSA) is 66.5 Å². The first-order valence-corrected chi connectivity index (χ1v) is 8.89. The van der Waals surface area contributed by atoms with Crippen molar-refractivity contribution in [3.8, 4) is 0 Å². The fraction of sp³-hybridized carbons (Fsp3) is 0.789. The van der Waals surface area contributed by atoms with E-state index in [9.17, 15) is 10.2 Å². The van der Waals surface area contributed by atoms with Gasteiger partial charge in [-0.2, -0.15) is 0 Å². The van der Waals surface area contributed by atoms with E-state index in [0.29, 0.717) is 23.7 Å². The smallest absolute Gasteiger partial charge is 0.0727 e. The number of rotatable bonds is 0. The van der Waals surface area contributed by atoms with E-state index >= 15 is 0 Å². The Morgan fingerprint density at radius 2 is 1.91 bits per heavy atom. The Morgan fingerprint density at radius 3 is 2.68 bits per heavy atom. The van der Waals surface area contributed by atoms with Crippen molar-refractivity contribution in [2.75, 3.05) is 0 Å². The second-order valence-electron chi connectivity index (χ2n) is 8.68. The monoisotopic (exact) mass is 303 g/mol. The van der Waals surface area contributed by atoms with Crippen molar-refractivity contribution in [3.05, 3.63) is 23.9 Å². The van der Waals surface area contributed by atoms with E-state index in [-0.39, 0.29) is 23.0 Å². The third-order valence-electron chi connectivity index (χ3n) is 7.77. The van der Waals surface area contributed by atoms with Crippen LogP contribution in [0.1, 0.15) is 46.0 Å². The highest BCUT2D eigenvalue weighted by molar-refractivity contribution is 5.28. The summed E-state index contributed by atoms with van der Waals surface area (Å²) in [4.78, 5) is 0. The SMILES string of the molecule is C[C@]12C=C[C@H](O)C[C@H]1C=C(N)[C@@H]1[C@@H]2CC[C@]2(C)C(O)CC[C@@H]12. The molecule has 1 unspecified atom stereocenters. The van der Waals surface area contributed by atoms with Gasteiger partial charge in [-0.05, 0) is 60.7 Å². The first-order chi connectivity index (χ1) is 10.4. The zero-order chi connectivity index (χ0) is 15.7. The zero-order valence-corrected chi connectivity index (χ0v) is 13.7. The van der Waals surface area contributed by atoms with Gasteiger partial charge in [-0.1, -0.05) is 32.1 Å². The predicted molar refractivity (Wildman–Crippen MR) is 86.7 cm³/mol. The molecule has 4 rings (SSSR count). The zero-order valence-electron chi connectivity index (χ0n) is 13.7. The highest BCUT2D eigenvalue weighted by atomic mass is 16.3. The standard InChI is InChI=1S/C19H29NO2/c1-18-7-5-12(21)9-11(18)10-15(20)17-13-3-4-16(22)19(13,2)8-6-14(17)18/h5,7,10-14,16-17,21-22H,3-4,6,8-9,20H2,1-2H3/t11-,12-,13-,14-,16?,17-,18-,19-/m0/s1. The van der Waals surface area contributed by atoms with Crippen molar-refractivity contribution < 1.29 is 10.2 Å². The van der Waals surface area contributed by atoms with Crippen LogP contribution in [-0.4, -0.2) is 22.4 Å². The average Bonchev–Trinajstić information content (AvgIpc) is 2.77. The number of fused-ring (bicyclic) bond motifs is 5. The van der Waals surface area contributed by atoms with Crippen molar-refractivity contribution in [2.24, 2.45) is 40.2 Å². The summed E-state index contributed by atoms with van der Waals surface area (Å²) in [6, 6.07) is 0. The molecule has 3 heteroatoms. The van der Waals surface area contributed by atoms with Gasteiger partial charge in [-0.25, -0.2) is 0 Å². The minimum Gasteiger partial charge on any atom is -0.402 e. The molecule has 0 saturated heterocycles. The maximum atomic E-state index is 10.5. The summed E-state index contributed by atoms with van der Waals surface area (Å²) in [5.74, 6) is 1.81. The van der Waals surface area contributed by atoms with E-state index in [2.05, 4.69) is 26.0 Å². The fourth-order valence-electron chi connectivity index (χ4n) is 6.30. The average molecular weight is 303 g/mol. The Morgan fingerprint density at radius 1 is 1.14 bits per heavy atom. The molecule has 0 heterocycles. The second-order valence-corrected chi connectivity index (χ2v) is 8.68. The minimum absolute atomic E-state index is 0.0424. The van der Waals surface area contributed by atoms with Crippen LogP contribution in [0.2, 0.25) is 0 Å². The van der Waals surface area contributed by atoms with Crippen LogP contribution in [0.3, 0.4) is 0 Å². The molecule has 2 saturated carbocycles. The first kappa shape index (κ1) is 14.8. The summed E-state index contributed by atoms with van der Waals surface area (Å²) in [5, 5.41) is 20.5. The molecule has 8 atom stereocenters. The molecule has 4 N–H and O–H groups in total. The molecular weight excluding hydrogens is 274 g/mol. The molecule has 122 valence electrons. The Bertz CT molecular complexity index is 542.